The highest BCUT2D eigenvalue weighted by Gasteiger charge is 2.17. The number of nitrogens with two attached hydrogens (primary N) is 1. The molecule has 0 saturated carbocycles. The number of primary amides is 1. The Morgan fingerprint density at radius 2 is 1.83 bits per heavy atom. The quantitative estimate of drug-likeness (QED) is 0.903. The van der Waals surface area contributed by atoms with Gasteiger partial charge in [0.2, 0.25) is 0 Å². The van der Waals surface area contributed by atoms with Crippen LogP contribution in [0.5, 0.6) is 5.75 Å². The highest BCUT2D eigenvalue weighted by atomic mass is 19.1. The summed E-state index contributed by atoms with van der Waals surface area (Å²) < 4.78 is 19.1. The lowest BCUT2D eigenvalue weighted by molar-refractivity contribution is 0.0995. The van der Waals surface area contributed by atoms with Crippen LogP contribution in [-0.2, 0) is 0 Å². The van der Waals surface area contributed by atoms with Crippen molar-refractivity contribution in [2.75, 3.05) is 7.11 Å². The standard InChI is InChI=1S/C14H12FNO2/c1-18-13-10(9-5-3-2-4-6-9)7-8-11(12(13)15)14(16)17/h2-8H,1H3,(H2,16,17). The van der Waals surface area contributed by atoms with Crippen molar-refractivity contribution in [1.82, 2.24) is 0 Å². The van der Waals surface area contributed by atoms with E-state index in [9.17, 15) is 9.18 Å². The Morgan fingerprint density at radius 3 is 2.39 bits per heavy atom. The van der Waals surface area contributed by atoms with Gasteiger partial charge in [0, 0.05) is 5.56 Å². The van der Waals surface area contributed by atoms with Crippen molar-refractivity contribution < 1.29 is 13.9 Å². The highest BCUT2D eigenvalue weighted by Crippen LogP contribution is 2.33. The second kappa shape index (κ2) is 4.87. The highest BCUT2D eigenvalue weighted by molar-refractivity contribution is 5.94. The SMILES string of the molecule is COc1c(-c2ccccc2)ccc(C(N)=O)c1F. The van der Waals surface area contributed by atoms with Crippen LogP contribution in [0.2, 0.25) is 0 Å². The molecule has 18 heavy (non-hydrogen) atoms. The molecule has 0 unspecified atom stereocenters. The lowest BCUT2D eigenvalue weighted by Gasteiger charge is -2.11. The van der Waals surface area contributed by atoms with Crippen LogP contribution in [0.4, 0.5) is 4.39 Å². The number of hydrogen-bond acceptors (Lipinski definition) is 2. The maximum Gasteiger partial charge on any atom is 0.251 e. The van der Waals surface area contributed by atoms with Gasteiger partial charge < -0.3 is 10.5 Å². The third kappa shape index (κ3) is 2.05. The van der Waals surface area contributed by atoms with Gasteiger partial charge in [-0.15, -0.1) is 0 Å². The molecule has 4 heteroatoms. The van der Waals surface area contributed by atoms with Crippen LogP contribution in [-0.4, -0.2) is 13.0 Å². The second-order valence-electron chi connectivity index (χ2n) is 3.74. The molecule has 0 atom stereocenters. The monoisotopic (exact) mass is 245 g/mol. The first-order chi connectivity index (χ1) is 8.65. The zero-order valence-electron chi connectivity index (χ0n) is 9.81. The first-order valence-corrected chi connectivity index (χ1v) is 5.37. The van der Waals surface area contributed by atoms with Crippen molar-refractivity contribution in [3.63, 3.8) is 0 Å². The van der Waals surface area contributed by atoms with Crippen molar-refractivity contribution >= 4 is 5.91 Å². The Hall–Kier alpha value is -2.36. The number of carbonyl (C=O) groups is 1. The van der Waals surface area contributed by atoms with Crippen molar-refractivity contribution in [1.29, 1.82) is 0 Å². The predicted molar refractivity (Wildman–Crippen MR) is 66.9 cm³/mol. The molecule has 2 rings (SSSR count). The molecule has 0 fully saturated rings. The van der Waals surface area contributed by atoms with Crippen LogP contribution in [0.25, 0.3) is 11.1 Å². The molecule has 0 aliphatic rings. The van der Waals surface area contributed by atoms with Gasteiger partial charge in [0.1, 0.15) is 0 Å². The van der Waals surface area contributed by atoms with Gasteiger partial charge in [-0.2, -0.15) is 0 Å². The molecule has 0 aliphatic carbocycles. The summed E-state index contributed by atoms with van der Waals surface area (Å²) in [6, 6.07) is 12.2. The third-order valence-corrected chi connectivity index (χ3v) is 2.65. The lowest BCUT2D eigenvalue weighted by atomic mass is 10.0. The fourth-order valence-corrected chi connectivity index (χ4v) is 1.79. The topological polar surface area (TPSA) is 52.3 Å². The summed E-state index contributed by atoms with van der Waals surface area (Å²) in [6.45, 7) is 0. The molecule has 0 spiro atoms. The zero-order chi connectivity index (χ0) is 13.1. The normalized spacial score (nSPS) is 10.1. The molecule has 2 aromatic rings. The van der Waals surface area contributed by atoms with Crippen molar-refractivity contribution in [3.05, 3.63) is 53.8 Å². The maximum atomic E-state index is 14.0. The second-order valence-corrected chi connectivity index (χ2v) is 3.74. The zero-order valence-corrected chi connectivity index (χ0v) is 9.81. The minimum Gasteiger partial charge on any atom is -0.493 e. The van der Waals surface area contributed by atoms with Gasteiger partial charge in [-0.05, 0) is 17.7 Å². The average Bonchev–Trinajstić information content (AvgIpc) is 2.39. The minimum absolute atomic E-state index is 0.0255. The van der Waals surface area contributed by atoms with Gasteiger partial charge in [-0.1, -0.05) is 30.3 Å². The lowest BCUT2D eigenvalue weighted by Crippen LogP contribution is -2.13. The van der Waals surface area contributed by atoms with Crippen LogP contribution >= 0.6 is 0 Å². The number of carbonyl (C=O) groups excluding carboxylic acids is 1. The van der Waals surface area contributed by atoms with Crippen molar-refractivity contribution in [2.24, 2.45) is 5.73 Å². The molecule has 0 radical (unpaired) electrons. The first-order valence-electron chi connectivity index (χ1n) is 5.37. The van der Waals surface area contributed by atoms with E-state index in [4.69, 9.17) is 10.5 Å². The van der Waals surface area contributed by atoms with E-state index in [1.54, 1.807) is 6.07 Å². The molecule has 0 heterocycles. The molecule has 2 aromatic carbocycles. The number of benzene rings is 2. The number of rotatable bonds is 3. The summed E-state index contributed by atoms with van der Waals surface area (Å²) in [7, 11) is 1.36. The molecular formula is C14H12FNO2. The molecule has 0 saturated heterocycles. The summed E-state index contributed by atoms with van der Waals surface area (Å²) in [5.41, 5.74) is 6.31. The number of ether oxygens (including phenoxy) is 1. The minimum atomic E-state index is -0.814. The summed E-state index contributed by atoms with van der Waals surface area (Å²) >= 11 is 0. The number of amides is 1. The summed E-state index contributed by atoms with van der Waals surface area (Å²) in [4.78, 5) is 11.1. The van der Waals surface area contributed by atoms with E-state index in [0.717, 1.165) is 5.56 Å². The predicted octanol–water partition coefficient (Wildman–Crippen LogP) is 2.60. The fraction of sp³-hybridized carbons (Fsp3) is 0.0714. The number of hydrogen-bond donors (Lipinski definition) is 1. The molecule has 1 amide bonds. The van der Waals surface area contributed by atoms with Crippen LogP contribution < -0.4 is 10.5 Å². The Balaban J connectivity index is 2.64. The summed E-state index contributed by atoms with van der Waals surface area (Å²) in [5.74, 6) is -1.52. The molecule has 0 bridgehead atoms. The van der Waals surface area contributed by atoms with E-state index >= 15 is 0 Å². The van der Waals surface area contributed by atoms with Crippen LogP contribution in [0.15, 0.2) is 42.5 Å². The van der Waals surface area contributed by atoms with Gasteiger partial charge in [0.05, 0.1) is 12.7 Å². The van der Waals surface area contributed by atoms with Gasteiger partial charge in [0.15, 0.2) is 11.6 Å². The van der Waals surface area contributed by atoms with Gasteiger partial charge in [-0.3, -0.25) is 4.79 Å². The molecule has 3 nitrogen and oxygen atoms in total. The summed E-state index contributed by atoms with van der Waals surface area (Å²) in [5, 5.41) is 0. The van der Waals surface area contributed by atoms with E-state index in [-0.39, 0.29) is 11.3 Å². The Morgan fingerprint density at radius 1 is 1.17 bits per heavy atom. The van der Waals surface area contributed by atoms with Gasteiger partial charge in [-0.25, -0.2) is 4.39 Å². The van der Waals surface area contributed by atoms with Crippen LogP contribution in [0.3, 0.4) is 0 Å². The smallest absolute Gasteiger partial charge is 0.251 e. The Labute approximate surface area is 104 Å². The van der Waals surface area contributed by atoms with E-state index in [1.807, 2.05) is 30.3 Å². The number of methoxy groups -OCH3 is 1. The van der Waals surface area contributed by atoms with E-state index < -0.39 is 11.7 Å². The molecule has 92 valence electrons. The van der Waals surface area contributed by atoms with Crippen LogP contribution in [0, 0.1) is 5.82 Å². The van der Waals surface area contributed by atoms with Gasteiger partial charge >= 0.3 is 0 Å². The van der Waals surface area contributed by atoms with E-state index in [2.05, 4.69) is 0 Å². The van der Waals surface area contributed by atoms with Gasteiger partial charge in [0.25, 0.3) is 5.91 Å². The number of halogens is 1. The fourth-order valence-electron chi connectivity index (χ4n) is 1.79. The molecule has 0 aliphatic heterocycles. The van der Waals surface area contributed by atoms with E-state index in [1.165, 1.54) is 13.2 Å². The molecule has 0 aromatic heterocycles. The maximum absolute atomic E-state index is 14.0. The Kier molecular flexibility index (Phi) is 3.28. The largest absolute Gasteiger partial charge is 0.493 e. The van der Waals surface area contributed by atoms with Crippen LogP contribution in [0.1, 0.15) is 10.4 Å². The van der Waals surface area contributed by atoms with Crippen molar-refractivity contribution in [3.8, 4) is 16.9 Å². The Bertz CT molecular complexity index is 582. The first kappa shape index (κ1) is 12.1. The molecule has 2 N–H and O–H groups in total. The van der Waals surface area contributed by atoms with Crippen molar-refractivity contribution in [2.45, 2.75) is 0 Å². The van der Waals surface area contributed by atoms with E-state index in [0.29, 0.717) is 5.56 Å². The molecular weight excluding hydrogens is 233 g/mol. The average molecular weight is 245 g/mol. The summed E-state index contributed by atoms with van der Waals surface area (Å²) in [6.07, 6.45) is 0. The third-order valence-electron chi connectivity index (χ3n) is 2.65.